The maximum absolute atomic E-state index is 12.9. The van der Waals surface area contributed by atoms with Crippen LogP contribution in [0.4, 0.5) is 0 Å². The van der Waals surface area contributed by atoms with Crippen LogP contribution in [0.25, 0.3) is 5.82 Å². The molecule has 0 aromatic carbocycles. The Morgan fingerprint density at radius 1 is 1.27 bits per heavy atom. The highest BCUT2D eigenvalue weighted by Gasteiger charge is 2.31. The first-order chi connectivity index (χ1) is 14.5. The third kappa shape index (κ3) is 4.39. The van der Waals surface area contributed by atoms with E-state index in [0.29, 0.717) is 11.9 Å². The molecule has 0 bridgehead atoms. The zero-order valence-electron chi connectivity index (χ0n) is 17.8. The number of piperazine rings is 1. The Morgan fingerprint density at radius 2 is 2.07 bits per heavy atom. The van der Waals surface area contributed by atoms with E-state index in [0.717, 1.165) is 63.2 Å². The Labute approximate surface area is 176 Å². The van der Waals surface area contributed by atoms with E-state index in [4.69, 9.17) is 0 Å². The first-order valence-corrected chi connectivity index (χ1v) is 10.6. The lowest BCUT2D eigenvalue weighted by Crippen LogP contribution is -2.53. The highest BCUT2D eigenvalue weighted by Crippen LogP contribution is 2.23. The number of fused-ring (bicyclic) bond motifs is 1. The number of carbonyl (C=O) groups excluding carboxylic acids is 1. The highest BCUT2D eigenvalue weighted by atomic mass is 16.2. The number of hydrogen-bond acceptors (Lipinski definition) is 5. The number of pyridine rings is 1. The Hall–Kier alpha value is -2.71. The number of nitrogens with zero attached hydrogens (tertiary/aromatic N) is 5. The number of nitrogens with one attached hydrogen (secondary N) is 1. The second-order valence-electron chi connectivity index (χ2n) is 8.32. The summed E-state index contributed by atoms with van der Waals surface area (Å²) in [6.45, 7) is 3.95. The molecule has 2 aromatic rings. The van der Waals surface area contributed by atoms with E-state index in [9.17, 15) is 9.59 Å². The van der Waals surface area contributed by atoms with Crippen molar-refractivity contribution in [3.05, 3.63) is 58.2 Å². The quantitative estimate of drug-likeness (QED) is 0.734. The molecule has 0 radical (unpaired) electrons. The first-order valence-electron chi connectivity index (χ1n) is 10.6. The third-order valence-corrected chi connectivity index (χ3v) is 5.99. The van der Waals surface area contributed by atoms with E-state index in [1.165, 1.54) is 0 Å². The summed E-state index contributed by atoms with van der Waals surface area (Å²) >= 11 is 0. The van der Waals surface area contributed by atoms with Gasteiger partial charge in [-0.15, -0.1) is 0 Å². The van der Waals surface area contributed by atoms with E-state index < -0.39 is 0 Å². The molecule has 1 N–H and O–H groups in total. The number of rotatable bonds is 5. The van der Waals surface area contributed by atoms with E-state index in [2.05, 4.69) is 15.0 Å². The van der Waals surface area contributed by atoms with Crippen LogP contribution in [-0.2, 0) is 17.6 Å². The number of aryl methyl sites for hydroxylation is 1. The molecule has 8 heteroatoms. The maximum Gasteiger partial charge on any atom is 0.276 e. The first kappa shape index (κ1) is 20.6. The van der Waals surface area contributed by atoms with Gasteiger partial charge in [-0.1, -0.05) is 12.1 Å². The fourth-order valence-electron chi connectivity index (χ4n) is 4.32. The normalized spacial score (nSPS) is 20.1. The van der Waals surface area contributed by atoms with Gasteiger partial charge >= 0.3 is 0 Å². The molecule has 2 aliphatic rings. The van der Waals surface area contributed by atoms with Gasteiger partial charge in [-0.25, -0.2) is 9.67 Å². The van der Waals surface area contributed by atoms with Gasteiger partial charge < -0.3 is 9.80 Å². The minimum absolute atomic E-state index is 0.00763. The van der Waals surface area contributed by atoms with Crippen LogP contribution in [0.1, 0.15) is 17.7 Å². The molecule has 160 valence electrons. The van der Waals surface area contributed by atoms with Crippen molar-refractivity contribution in [1.29, 1.82) is 0 Å². The number of aromatic amines is 1. The van der Waals surface area contributed by atoms with Gasteiger partial charge in [0.2, 0.25) is 5.91 Å². The van der Waals surface area contributed by atoms with Gasteiger partial charge in [0.25, 0.3) is 5.56 Å². The molecule has 8 nitrogen and oxygen atoms in total. The number of amides is 1. The molecule has 1 fully saturated rings. The van der Waals surface area contributed by atoms with Gasteiger partial charge in [0.05, 0.1) is 0 Å². The average Bonchev–Trinajstić information content (AvgIpc) is 3.10. The van der Waals surface area contributed by atoms with Crippen molar-refractivity contribution in [3.63, 3.8) is 0 Å². The summed E-state index contributed by atoms with van der Waals surface area (Å²) in [5.74, 6) is 0.717. The molecule has 3 heterocycles. The largest absolute Gasteiger partial charge is 0.337 e. The van der Waals surface area contributed by atoms with Gasteiger partial charge in [-0.05, 0) is 45.5 Å². The molecular formula is C22H30N6O2. The van der Waals surface area contributed by atoms with Crippen molar-refractivity contribution in [1.82, 2.24) is 29.5 Å². The number of likely N-dealkylation sites (N-methyl/N-ethyl adjacent to an activating group) is 1. The maximum atomic E-state index is 12.9. The zero-order valence-corrected chi connectivity index (χ0v) is 17.8. The number of hydrogen-bond donors (Lipinski definition) is 1. The summed E-state index contributed by atoms with van der Waals surface area (Å²) in [4.78, 5) is 36.0. The van der Waals surface area contributed by atoms with Gasteiger partial charge in [-0.2, -0.15) is 0 Å². The minimum Gasteiger partial charge on any atom is -0.337 e. The van der Waals surface area contributed by atoms with Crippen molar-refractivity contribution < 1.29 is 4.79 Å². The molecule has 0 saturated carbocycles. The Balaban J connectivity index is 1.37. The predicted octanol–water partition coefficient (Wildman–Crippen LogP) is 0.680. The average molecular weight is 411 g/mol. The van der Waals surface area contributed by atoms with Gasteiger partial charge in [0.1, 0.15) is 0 Å². The van der Waals surface area contributed by atoms with Crippen molar-refractivity contribution in [2.24, 2.45) is 0 Å². The summed E-state index contributed by atoms with van der Waals surface area (Å²) in [7, 11) is 3.97. The van der Waals surface area contributed by atoms with Crippen molar-refractivity contribution in [3.8, 4) is 5.82 Å². The molecule has 1 aliphatic heterocycles. The molecule has 1 amide bonds. The van der Waals surface area contributed by atoms with Crippen molar-refractivity contribution >= 4 is 5.91 Å². The van der Waals surface area contributed by atoms with Crippen LogP contribution >= 0.6 is 0 Å². The second kappa shape index (κ2) is 8.97. The van der Waals surface area contributed by atoms with Crippen LogP contribution in [0.2, 0.25) is 0 Å². The van der Waals surface area contributed by atoms with E-state index in [1.54, 1.807) is 17.0 Å². The molecule has 1 unspecified atom stereocenters. The molecule has 4 rings (SSSR count). The van der Waals surface area contributed by atoms with Crippen LogP contribution in [0.5, 0.6) is 0 Å². The Bertz CT molecular complexity index is 954. The fraction of sp³-hybridized carbons (Fsp3) is 0.500. The van der Waals surface area contributed by atoms with Gasteiger partial charge in [0.15, 0.2) is 5.82 Å². The van der Waals surface area contributed by atoms with E-state index in [-0.39, 0.29) is 11.5 Å². The van der Waals surface area contributed by atoms with Gasteiger partial charge in [0, 0.05) is 62.3 Å². The third-order valence-electron chi connectivity index (χ3n) is 5.99. The number of H-pyrrole nitrogens is 1. The topological polar surface area (TPSA) is 77.5 Å². The lowest BCUT2D eigenvalue weighted by Gasteiger charge is -2.40. The zero-order chi connectivity index (χ0) is 21.1. The molecule has 1 saturated heterocycles. The SMILES string of the molecule is CN(C)C/C=C/C(=O)N1CCN(C2CCc3[nH]n(-c4ccccn4)c(=O)c3C2)CC1. The smallest absolute Gasteiger partial charge is 0.276 e. The number of carbonyl (C=O) groups is 1. The monoisotopic (exact) mass is 410 g/mol. The minimum atomic E-state index is 0.00763. The van der Waals surface area contributed by atoms with Crippen LogP contribution in [-0.4, -0.2) is 88.2 Å². The summed E-state index contributed by atoms with van der Waals surface area (Å²) < 4.78 is 1.56. The molecule has 1 aliphatic carbocycles. The van der Waals surface area contributed by atoms with E-state index in [1.807, 2.05) is 48.2 Å². The van der Waals surface area contributed by atoms with Crippen molar-refractivity contribution in [2.45, 2.75) is 25.3 Å². The lowest BCUT2D eigenvalue weighted by atomic mass is 9.92. The van der Waals surface area contributed by atoms with E-state index >= 15 is 0 Å². The van der Waals surface area contributed by atoms with Crippen molar-refractivity contribution in [2.75, 3.05) is 46.8 Å². The fourth-order valence-corrected chi connectivity index (χ4v) is 4.32. The van der Waals surface area contributed by atoms with Crippen LogP contribution in [0, 0.1) is 0 Å². The number of aromatic nitrogens is 3. The predicted molar refractivity (Wildman–Crippen MR) is 116 cm³/mol. The molecule has 1 atom stereocenters. The van der Waals surface area contributed by atoms with Crippen LogP contribution in [0.15, 0.2) is 41.3 Å². The summed E-state index contributed by atoms with van der Waals surface area (Å²) in [6, 6.07) is 5.91. The molecular weight excluding hydrogens is 380 g/mol. The summed E-state index contributed by atoms with van der Waals surface area (Å²) in [5, 5.41) is 3.25. The Morgan fingerprint density at radius 3 is 2.77 bits per heavy atom. The molecule has 0 spiro atoms. The van der Waals surface area contributed by atoms with Crippen LogP contribution < -0.4 is 5.56 Å². The Kier molecular flexibility index (Phi) is 6.15. The van der Waals surface area contributed by atoms with Crippen LogP contribution in [0.3, 0.4) is 0 Å². The molecule has 2 aromatic heterocycles. The second-order valence-corrected chi connectivity index (χ2v) is 8.32. The standard InChI is InChI=1S/C22H30N6O2/c1-25(2)11-5-7-21(29)27-14-12-26(13-15-27)17-8-9-19-18(16-17)22(30)28(24-19)20-6-3-4-10-23-20/h3-7,10,17,24H,8-9,11-16H2,1-2H3/b7-5+. The summed E-state index contributed by atoms with van der Waals surface area (Å²) in [5.41, 5.74) is 1.91. The molecule has 30 heavy (non-hydrogen) atoms. The highest BCUT2D eigenvalue weighted by molar-refractivity contribution is 5.87. The lowest BCUT2D eigenvalue weighted by molar-refractivity contribution is -0.128. The van der Waals surface area contributed by atoms with Gasteiger partial charge in [-0.3, -0.25) is 19.6 Å². The summed E-state index contributed by atoms with van der Waals surface area (Å²) in [6.07, 6.45) is 7.92.